The van der Waals surface area contributed by atoms with Crippen LogP contribution in [0.5, 0.6) is 17.2 Å². The SMILES string of the molecule is O=C(O)C(=O)O.c1ccc(Oc2cccc(OCCCN3CCCCC3c3cccnc3)c2)cc1. The Morgan fingerprint density at radius 1 is 0.914 bits per heavy atom. The molecule has 1 saturated heterocycles. The molecule has 0 radical (unpaired) electrons. The standard InChI is InChI=1S/C25H28N2O2.C2H2O4/c1-2-10-22(11-3-1)29-24-13-6-12-23(19-24)28-18-8-17-27-16-5-4-14-25(27)21-9-7-15-26-20-21;3-1(4)2(5)6/h1-3,6-7,9-13,15,19-20,25H,4-5,8,14,16-18H2;(H,3,4)(H,5,6). The Morgan fingerprint density at radius 3 is 2.37 bits per heavy atom. The van der Waals surface area contributed by atoms with E-state index in [9.17, 15) is 0 Å². The van der Waals surface area contributed by atoms with E-state index in [-0.39, 0.29) is 0 Å². The number of pyridine rings is 1. The smallest absolute Gasteiger partial charge is 0.414 e. The maximum atomic E-state index is 9.10. The molecule has 35 heavy (non-hydrogen) atoms. The summed E-state index contributed by atoms with van der Waals surface area (Å²) in [7, 11) is 0. The van der Waals surface area contributed by atoms with E-state index in [1.165, 1.54) is 24.8 Å². The summed E-state index contributed by atoms with van der Waals surface area (Å²) in [5.74, 6) is -1.18. The molecule has 1 aromatic heterocycles. The molecule has 1 aliphatic rings. The van der Waals surface area contributed by atoms with Crippen LogP contribution < -0.4 is 9.47 Å². The van der Waals surface area contributed by atoms with Crippen LogP contribution in [0.3, 0.4) is 0 Å². The van der Waals surface area contributed by atoms with E-state index in [2.05, 4.69) is 16.0 Å². The van der Waals surface area contributed by atoms with Gasteiger partial charge in [-0.3, -0.25) is 9.88 Å². The third kappa shape index (κ3) is 8.75. The number of benzene rings is 2. The fraction of sp³-hybridized carbons (Fsp3) is 0.296. The highest BCUT2D eigenvalue weighted by Gasteiger charge is 2.23. The van der Waals surface area contributed by atoms with Gasteiger partial charge in [0.1, 0.15) is 17.2 Å². The lowest BCUT2D eigenvalue weighted by Gasteiger charge is -2.35. The normalized spacial score (nSPS) is 15.4. The second-order valence-electron chi connectivity index (χ2n) is 8.04. The summed E-state index contributed by atoms with van der Waals surface area (Å²) >= 11 is 0. The number of aromatic nitrogens is 1. The molecule has 0 bridgehead atoms. The highest BCUT2D eigenvalue weighted by atomic mass is 16.5. The van der Waals surface area contributed by atoms with Crippen molar-refractivity contribution in [3.05, 3.63) is 84.7 Å². The zero-order valence-electron chi connectivity index (χ0n) is 19.5. The summed E-state index contributed by atoms with van der Waals surface area (Å²) in [6, 6.07) is 22.4. The minimum absolute atomic E-state index is 0.486. The molecule has 2 aromatic carbocycles. The highest BCUT2D eigenvalue weighted by Crippen LogP contribution is 2.30. The van der Waals surface area contributed by atoms with Gasteiger partial charge in [-0.2, -0.15) is 0 Å². The first kappa shape index (κ1) is 25.7. The van der Waals surface area contributed by atoms with Crippen LogP contribution in [0.25, 0.3) is 0 Å². The average molecular weight is 479 g/mol. The highest BCUT2D eigenvalue weighted by molar-refractivity contribution is 6.27. The Balaban J connectivity index is 0.000000509. The van der Waals surface area contributed by atoms with Gasteiger partial charge in [-0.15, -0.1) is 0 Å². The minimum Gasteiger partial charge on any atom is -0.493 e. The number of ether oxygens (including phenoxy) is 2. The maximum Gasteiger partial charge on any atom is 0.414 e. The third-order valence-electron chi connectivity index (χ3n) is 5.51. The van der Waals surface area contributed by atoms with Gasteiger partial charge in [0.15, 0.2) is 0 Å². The van der Waals surface area contributed by atoms with Crippen molar-refractivity contribution >= 4 is 11.9 Å². The first-order valence-corrected chi connectivity index (χ1v) is 11.6. The van der Waals surface area contributed by atoms with E-state index in [0.29, 0.717) is 12.6 Å². The summed E-state index contributed by atoms with van der Waals surface area (Å²) in [5.41, 5.74) is 1.33. The molecule has 8 heteroatoms. The van der Waals surface area contributed by atoms with E-state index < -0.39 is 11.9 Å². The van der Waals surface area contributed by atoms with Crippen LogP contribution in [0.1, 0.15) is 37.3 Å². The van der Waals surface area contributed by atoms with Gasteiger partial charge in [-0.05, 0) is 61.7 Å². The van der Waals surface area contributed by atoms with Crippen molar-refractivity contribution in [1.82, 2.24) is 9.88 Å². The van der Waals surface area contributed by atoms with Crippen molar-refractivity contribution < 1.29 is 29.3 Å². The van der Waals surface area contributed by atoms with Gasteiger partial charge >= 0.3 is 11.9 Å². The predicted molar refractivity (Wildman–Crippen MR) is 131 cm³/mol. The number of likely N-dealkylation sites (tertiary alicyclic amines) is 1. The van der Waals surface area contributed by atoms with Crippen LogP contribution in [-0.4, -0.2) is 51.7 Å². The van der Waals surface area contributed by atoms with Crippen LogP contribution >= 0.6 is 0 Å². The first-order chi connectivity index (χ1) is 17.0. The van der Waals surface area contributed by atoms with E-state index in [4.69, 9.17) is 29.3 Å². The molecule has 0 amide bonds. The number of piperidine rings is 1. The van der Waals surface area contributed by atoms with Crippen molar-refractivity contribution in [2.24, 2.45) is 0 Å². The molecule has 8 nitrogen and oxygen atoms in total. The molecule has 0 spiro atoms. The van der Waals surface area contributed by atoms with Crippen molar-refractivity contribution in [2.75, 3.05) is 19.7 Å². The van der Waals surface area contributed by atoms with Crippen molar-refractivity contribution in [3.8, 4) is 17.2 Å². The first-order valence-electron chi connectivity index (χ1n) is 11.6. The van der Waals surface area contributed by atoms with E-state index in [1.54, 1.807) is 0 Å². The summed E-state index contributed by atoms with van der Waals surface area (Å²) in [6.45, 7) is 2.89. The van der Waals surface area contributed by atoms with Gasteiger partial charge in [0.05, 0.1) is 6.61 Å². The average Bonchev–Trinajstić information content (AvgIpc) is 2.88. The number of rotatable bonds is 8. The number of hydrogen-bond donors (Lipinski definition) is 2. The van der Waals surface area contributed by atoms with Gasteiger partial charge < -0.3 is 19.7 Å². The van der Waals surface area contributed by atoms with Gasteiger partial charge in [0.2, 0.25) is 0 Å². The van der Waals surface area contributed by atoms with Crippen LogP contribution in [0, 0.1) is 0 Å². The third-order valence-corrected chi connectivity index (χ3v) is 5.51. The number of nitrogens with zero attached hydrogens (tertiary/aromatic N) is 2. The predicted octanol–water partition coefficient (Wildman–Crippen LogP) is 5.03. The number of carboxylic acids is 2. The molecule has 0 saturated carbocycles. The van der Waals surface area contributed by atoms with Gasteiger partial charge in [0.25, 0.3) is 0 Å². The zero-order chi connectivity index (χ0) is 24.9. The largest absolute Gasteiger partial charge is 0.493 e. The van der Waals surface area contributed by atoms with Crippen molar-refractivity contribution in [3.63, 3.8) is 0 Å². The number of carbonyl (C=O) groups is 2. The Hall–Kier alpha value is -3.91. The lowest BCUT2D eigenvalue weighted by atomic mass is 9.96. The second-order valence-corrected chi connectivity index (χ2v) is 8.04. The Bertz CT molecular complexity index is 1050. The Kier molecular flexibility index (Phi) is 10.1. The second kappa shape index (κ2) is 13.7. The fourth-order valence-electron chi connectivity index (χ4n) is 3.92. The molecule has 1 aliphatic heterocycles. The summed E-state index contributed by atoms with van der Waals surface area (Å²) in [6.07, 6.45) is 8.64. The van der Waals surface area contributed by atoms with Gasteiger partial charge in [-0.1, -0.05) is 36.8 Å². The molecule has 3 aromatic rings. The van der Waals surface area contributed by atoms with Gasteiger partial charge in [-0.25, -0.2) is 9.59 Å². The maximum absolute atomic E-state index is 9.10. The van der Waals surface area contributed by atoms with E-state index in [0.717, 1.165) is 36.8 Å². The number of para-hydroxylation sites is 1. The molecule has 0 aliphatic carbocycles. The van der Waals surface area contributed by atoms with Crippen LogP contribution in [0.15, 0.2) is 79.1 Å². The summed E-state index contributed by atoms with van der Waals surface area (Å²) < 4.78 is 11.9. The van der Waals surface area contributed by atoms with Crippen LogP contribution in [-0.2, 0) is 9.59 Å². The zero-order valence-corrected chi connectivity index (χ0v) is 19.5. The molecular formula is C27H30N2O6. The Labute approximate surface area is 204 Å². The lowest BCUT2D eigenvalue weighted by molar-refractivity contribution is -0.159. The number of hydrogen-bond acceptors (Lipinski definition) is 6. The molecule has 1 fully saturated rings. The number of aliphatic carboxylic acids is 2. The molecule has 2 N–H and O–H groups in total. The Morgan fingerprint density at radius 2 is 1.66 bits per heavy atom. The molecular weight excluding hydrogens is 448 g/mol. The monoisotopic (exact) mass is 478 g/mol. The molecule has 184 valence electrons. The quantitative estimate of drug-likeness (QED) is 0.343. The summed E-state index contributed by atoms with van der Waals surface area (Å²) in [4.78, 5) is 25.1. The van der Waals surface area contributed by atoms with Crippen LogP contribution in [0.4, 0.5) is 0 Å². The molecule has 4 rings (SSSR count). The van der Waals surface area contributed by atoms with Gasteiger partial charge in [0, 0.05) is 31.0 Å². The fourth-order valence-corrected chi connectivity index (χ4v) is 3.92. The number of carboxylic acid groups (broad SMARTS) is 2. The van der Waals surface area contributed by atoms with Crippen molar-refractivity contribution in [1.29, 1.82) is 0 Å². The molecule has 2 heterocycles. The van der Waals surface area contributed by atoms with E-state index >= 15 is 0 Å². The molecule has 1 unspecified atom stereocenters. The minimum atomic E-state index is -1.82. The lowest BCUT2D eigenvalue weighted by Crippen LogP contribution is -2.34. The topological polar surface area (TPSA) is 109 Å². The van der Waals surface area contributed by atoms with Crippen LogP contribution in [0.2, 0.25) is 0 Å². The van der Waals surface area contributed by atoms with Crippen molar-refractivity contribution in [2.45, 2.75) is 31.7 Å². The summed E-state index contributed by atoms with van der Waals surface area (Å²) in [5, 5.41) is 14.8. The molecule has 1 atom stereocenters. The van der Waals surface area contributed by atoms with E-state index in [1.807, 2.05) is 73.1 Å².